The van der Waals surface area contributed by atoms with Crippen molar-refractivity contribution in [1.29, 1.82) is 0 Å². The maximum absolute atomic E-state index is 10.4. The molecule has 4 nitrogen and oxygen atoms in total. The van der Waals surface area contributed by atoms with E-state index in [0.29, 0.717) is 19.1 Å². The van der Waals surface area contributed by atoms with Crippen LogP contribution in [0.3, 0.4) is 0 Å². The molecule has 3 aromatic rings. The van der Waals surface area contributed by atoms with E-state index in [9.17, 15) is 5.11 Å². The number of aliphatic hydroxyl groups excluding tert-OH is 1. The minimum absolute atomic E-state index is 0.424. The first-order valence-electron chi connectivity index (χ1n) is 8.59. The SMILES string of the molecule is CC(C)N(C)c1ccc(CNC[C@@H](O)c2cc3ccccc3s2)cn1. The van der Waals surface area contributed by atoms with Crippen LogP contribution in [0.2, 0.25) is 0 Å². The predicted molar refractivity (Wildman–Crippen MR) is 106 cm³/mol. The molecular formula is C20H25N3OS. The Balaban J connectivity index is 1.53. The summed E-state index contributed by atoms with van der Waals surface area (Å²) in [7, 11) is 2.05. The Morgan fingerprint density at radius 2 is 2.00 bits per heavy atom. The van der Waals surface area contributed by atoms with E-state index in [1.165, 1.54) is 10.1 Å². The Hall–Kier alpha value is -1.95. The molecule has 3 rings (SSSR count). The van der Waals surface area contributed by atoms with Gasteiger partial charge in [0.05, 0.1) is 0 Å². The summed E-state index contributed by atoms with van der Waals surface area (Å²) in [6.07, 6.45) is 1.41. The molecule has 0 aliphatic rings. The van der Waals surface area contributed by atoms with Crippen molar-refractivity contribution in [3.8, 4) is 0 Å². The molecule has 0 aliphatic carbocycles. The molecule has 2 heterocycles. The summed E-state index contributed by atoms with van der Waals surface area (Å²) < 4.78 is 1.21. The third-order valence-electron chi connectivity index (χ3n) is 4.38. The van der Waals surface area contributed by atoms with Crippen molar-refractivity contribution in [2.75, 3.05) is 18.5 Å². The number of nitrogens with zero attached hydrogens (tertiary/aromatic N) is 2. The van der Waals surface area contributed by atoms with Crippen LogP contribution in [0.4, 0.5) is 5.82 Å². The average Bonchev–Trinajstić information content (AvgIpc) is 3.06. The van der Waals surface area contributed by atoms with Crippen LogP contribution in [0.15, 0.2) is 48.7 Å². The van der Waals surface area contributed by atoms with Crippen LogP contribution in [0.1, 0.15) is 30.4 Å². The molecule has 1 atom stereocenters. The zero-order chi connectivity index (χ0) is 17.8. The number of pyridine rings is 1. The summed E-state index contributed by atoms with van der Waals surface area (Å²) in [5.74, 6) is 0.976. The van der Waals surface area contributed by atoms with E-state index in [4.69, 9.17) is 0 Å². The van der Waals surface area contributed by atoms with Gasteiger partial charge in [0.15, 0.2) is 0 Å². The van der Waals surface area contributed by atoms with Crippen LogP contribution in [0.25, 0.3) is 10.1 Å². The zero-order valence-electron chi connectivity index (χ0n) is 14.9. The fraction of sp³-hybridized carbons (Fsp3) is 0.350. The summed E-state index contributed by atoms with van der Waals surface area (Å²) in [5.41, 5.74) is 1.12. The van der Waals surface area contributed by atoms with Crippen molar-refractivity contribution in [3.05, 3.63) is 59.1 Å². The van der Waals surface area contributed by atoms with Crippen molar-refractivity contribution in [2.24, 2.45) is 0 Å². The Morgan fingerprint density at radius 1 is 1.20 bits per heavy atom. The van der Waals surface area contributed by atoms with Crippen LogP contribution >= 0.6 is 11.3 Å². The molecule has 0 aliphatic heterocycles. The van der Waals surface area contributed by atoms with E-state index in [1.807, 2.05) is 31.4 Å². The summed E-state index contributed by atoms with van der Waals surface area (Å²) in [6, 6.07) is 14.8. The van der Waals surface area contributed by atoms with Gasteiger partial charge in [-0.05, 0) is 43.0 Å². The van der Waals surface area contributed by atoms with Gasteiger partial charge in [0.2, 0.25) is 0 Å². The highest BCUT2D eigenvalue weighted by molar-refractivity contribution is 7.19. The van der Waals surface area contributed by atoms with Crippen LogP contribution < -0.4 is 10.2 Å². The molecule has 5 heteroatoms. The zero-order valence-corrected chi connectivity index (χ0v) is 15.8. The van der Waals surface area contributed by atoms with Crippen molar-refractivity contribution in [2.45, 2.75) is 32.5 Å². The van der Waals surface area contributed by atoms with E-state index in [-0.39, 0.29) is 0 Å². The third kappa shape index (κ3) is 4.37. The van der Waals surface area contributed by atoms with Gasteiger partial charge in [0.1, 0.15) is 11.9 Å². The summed E-state index contributed by atoms with van der Waals surface area (Å²) in [6.45, 7) is 5.51. The van der Waals surface area contributed by atoms with Crippen LogP contribution in [-0.4, -0.2) is 29.7 Å². The number of rotatable bonds is 7. The Kier molecular flexibility index (Phi) is 5.68. The topological polar surface area (TPSA) is 48.4 Å². The number of aliphatic hydroxyl groups is 1. The molecule has 132 valence electrons. The van der Waals surface area contributed by atoms with Gasteiger partial charge < -0.3 is 15.3 Å². The Bertz CT molecular complexity index is 780. The lowest BCUT2D eigenvalue weighted by atomic mass is 10.2. The predicted octanol–water partition coefficient (Wildman–Crippen LogP) is 3.96. The number of benzene rings is 1. The second-order valence-electron chi connectivity index (χ2n) is 6.56. The summed E-state index contributed by atoms with van der Waals surface area (Å²) in [5, 5.41) is 14.9. The first-order chi connectivity index (χ1) is 12.0. The largest absolute Gasteiger partial charge is 0.386 e. The minimum Gasteiger partial charge on any atom is -0.386 e. The standard InChI is InChI=1S/C20H25N3OS/c1-14(2)23(3)20-9-8-15(12-22-20)11-21-13-17(24)19-10-16-6-4-5-7-18(16)25-19/h4-10,12,14,17,21,24H,11,13H2,1-3H3/t17-/m1/s1. The second kappa shape index (κ2) is 7.95. The van der Waals surface area contributed by atoms with E-state index < -0.39 is 6.10 Å². The monoisotopic (exact) mass is 355 g/mol. The first kappa shape index (κ1) is 17.9. The molecule has 0 saturated heterocycles. The second-order valence-corrected chi connectivity index (χ2v) is 7.68. The minimum atomic E-state index is -0.489. The average molecular weight is 356 g/mol. The van der Waals surface area contributed by atoms with Crippen molar-refractivity contribution >= 4 is 27.2 Å². The van der Waals surface area contributed by atoms with Gasteiger partial charge in [-0.2, -0.15) is 0 Å². The van der Waals surface area contributed by atoms with E-state index in [1.54, 1.807) is 11.3 Å². The maximum Gasteiger partial charge on any atom is 0.128 e. The van der Waals surface area contributed by atoms with Crippen LogP contribution in [0, 0.1) is 0 Å². The molecule has 25 heavy (non-hydrogen) atoms. The molecule has 0 radical (unpaired) electrons. The normalized spacial score (nSPS) is 12.7. The highest BCUT2D eigenvalue weighted by Crippen LogP contribution is 2.29. The lowest BCUT2D eigenvalue weighted by Gasteiger charge is -2.22. The highest BCUT2D eigenvalue weighted by atomic mass is 32.1. The summed E-state index contributed by atoms with van der Waals surface area (Å²) >= 11 is 1.65. The fourth-order valence-electron chi connectivity index (χ4n) is 2.61. The number of nitrogens with one attached hydrogen (secondary N) is 1. The maximum atomic E-state index is 10.4. The number of anilines is 1. The summed E-state index contributed by atoms with van der Waals surface area (Å²) in [4.78, 5) is 7.65. The molecule has 1 aromatic carbocycles. The van der Waals surface area contributed by atoms with Gasteiger partial charge in [0, 0.05) is 42.0 Å². The third-order valence-corrected chi connectivity index (χ3v) is 5.60. The van der Waals surface area contributed by atoms with Crippen molar-refractivity contribution < 1.29 is 5.11 Å². The highest BCUT2D eigenvalue weighted by Gasteiger charge is 2.11. The van der Waals surface area contributed by atoms with Gasteiger partial charge in [-0.25, -0.2) is 4.98 Å². The van der Waals surface area contributed by atoms with Gasteiger partial charge in [0.25, 0.3) is 0 Å². The lowest BCUT2D eigenvalue weighted by molar-refractivity contribution is 0.178. The molecule has 0 unspecified atom stereocenters. The quantitative estimate of drug-likeness (QED) is 0.673. The van der Waals surface area contributed by atoms with Gasteiger partial charge >= 0.3 is 0 Å². The van der Waals surface area contributed by atoms with Crippen molar-refractivity contribution in [1.82, 2.24) is 10.3 Å². The first-order valence-corrected chi connectivity index (χ1v) is 9.41. The van der Waals surface area contributed by atoms with E-state index in [0.717, 1.165) is 16.3 Å². The molecule has 0 bridgehead atoms. The molecule has 0 amide bonds. The number of fused-ring (bicyclic) bond motifs is 1. The fourth-order valence-corrected chi connectivity index (χ4v) is 3.67. The molecule has 0 fully saturated rings. The molecule has 2 aromatic heterocycles. The number of aromatic nitrogens is 1. The molecule has 0 saturated carbocycles. The lowest BCUT2D eigenvalue weighted by Crippen LogP contribution is -2.26. The van der Waals surface area contributed by atoms with Crippen molar-refractivity contribution in [3.63, 3.8) is 0 Å². The van der Waals surface area contributed by atoms with Crippen LogP contribution in [-0.2, 0) is 6.54 Å². The smallest absolute Gasteiger partial charge is 0.128 e. The van der Waals surface area contributed by atoms with Gasteiger partial charge in [-0.3, -0.25) is 0 Å². The van der Waals surface area contributed by atoms with Crippen LogP contribution in [0.5, 0.6) is 0 Å². The van der Waals surface area contributed by atoms with E-state index >= 15 is 0 Å². The Labute approximate surface area is 153 Å². The molecule has 0 spiro atoms. The molecule has 2 N–H and O–H groups in total. The van der Waals surface area contributed by atoms with Gasteiger partial charge in [-0.1, -0.05) is 24.3 Å². The van der Waals surface area contributed by atoms with E-state index in [2.05, 4.69) is 53.3 Å². The number of hydrogen-bond donors (Lipinski definition) is 2. The molecular weight excluding hydrogens is 330 g/mol. The number of hydrogen-bond acceptors (Lipinski definition) is 5. The van der Waals surface area contributed by atoms with Gasteiger partial charge in [-0.15, -0.1) is 11.3 Å². The number of thiophene rings is 1. The Morgan fingerprint density at radius 3 is 2.68 bits per heavy atom.